The summed E-state index contributed by atoms with van der Waals surface area (Å²) in [7, 11) is 0. The number of benzene rings is 1. The van der Waals surface area contributed by atoms with Crippen LogP contribution in [0, 0.1) is 0 Å². The van der Waals surface area contributed by atoms with Crippen molar-refractivity contribution in [2.45, 2.75) is 36.8 Å². The van der Waals surface area contributed by atoms with E-state index in [9.17, 15) is 9.59 Å². The first kappa shape index (κ1) is 17.0. The van der Waals surface area contributed by atoms with Crippen molar-refractivity contribution in [1.29, 1.82) is 0 Å². The van der Waals surface area contributed by atoms with Gasteiger partial charge in [-0.2, -0.15) is 0 Å². The molecule has 110 valence electrons. The van der Waals surface area contributed by atoms with Gasteiger partial charge < -0.3 is 10.4 Å². The third-order valence-corrected chi connectivity index (χ3v) is 4.47. The summed E-state index contributed by atoms with van der Waals surface area (Å²) in [6, 6.07) is 5.07. The maximum absolute atomic E-state index is 11.9. The molecular weight excluding hydrogens is 342 g/mol. The third kappa shape index (κ3) is 5.17. The molecule has 0 saturated heterocycles. The first-order valence-corrected chi connectivity index (χ1v) is 8.10. The quantitative estimate of drug-likeness (QED) is 0.577. The molecule has 20 heavy (non-hydrogen) atoms. The Morgan fingerprint density at radius 1 is 1.45 bits per heavy atom. The zero-order valence-corrected chi connectivity index (χ0v) is 13.9. The number of amides is 1. The van der Waals surface area contributed by atoms with Crippen molar-refractivity contribution < 1.29 is 14.7 Å². The van der Waals surface area contributed by atoms with E-state index < -0.39 is 5.97 Å². The van der Waals surface area contributed by atoms with Crippen LogP contribution in [0.4, 0.5) is 0 Å². The number of hydrogen-bond donors (Lipinski definition) is 2. The summed E-state index contributed by atoms with van der Waals surface area (Å²) < 4.78 is 0.536. The van der Waals surface area contributed by atoms with E-state index in [1.54, 1.807) is 18.2 Å². The molecule has 1 rings (SSSR count). The molecule has 1 aromatic rings. The molecule has 4 nitrogen and oxygen atoms in total. The molecule has 0 aromatic heterocycles. The second kappa shape index (κ2) is 8.32. The number of hydrogen-bond acceptors (Lipinski definition) is 3. The highest BCUT2D eigenvalue weighted by Crippen LogP contribution is 2.28. The lowest BCUT2D eigenvalue weighted by atomic mass is 10.2. The number of halogens is 1. The van der Waals surface area contributed by atoms with Crippen LogP contribution in [0.5, 0.6) is 0 Å². The Morgan fingerprint density at radius 2 is 2.15 bits per heavy atom. The topological polar surface area (TPSA) is 66.4 Å². The molecule has 0 aliphatic carbocycles. The van der Waals surface area contributed by atoms with Crippen LogP contribution in [0.2, 0.25) is 0 Å². The molecule has 0 heterocycles. The second-order valence-corrected chi connectivity index (χ2v) is 6.62. The fraction of sp³-hybridized carbons (Fsp3) is 0.429. The molecule has 0 fully saturated rings. The third-order valence-electron chi connectivity index (χ3n) is 2.68. The first-order valence-electron chi connectivity index (χ1n) is 6.43. The van der Waals surface area contributed by atoms with Crippen LogP contribution in [0.25, 0.3) is 0 Å². The van der Waals surface area contributed by atoms with E-state index in [2.05, 4.69) is 28.2 Å². The van der Waals surface area contributed by atoms with Crippen LogP contribution in [0.3, 0.4) is 0 Å². The van der Waals surface area contributed by atoms with Crippen LogP contribution in [-0.4, -0.2) is 28.8 Å². The van der Waals surface area contributed by atoms with E-state index in [1.807, 2.05) is 6.92 Å². The van der Waals surface area contributed by atoms with Crippen LogP contribution in [0.1, 0.15) is 37.0 Å². The number of unbranched alkanes of at least 4 members (excludes halogenated alkanes) is 1. The average molecular weight is 360 g/mol. The molecule has 1 amide bonds. The molecule has 0 spiro atoms. The van der Waals surface area contributed by atoms with Gasteiger partial charge in [0.2, 0.25) is 5.91 Å². The van der Waals surface area contributed by atoms with E-state index in [0.717, 1.165) is 17.7 Å². The summed E-state index contributed by atoms with van der Waals surface area (Å²) in [6.07, 6.45) is 2.00. The molecular formula is C14H18BrNO3S. The van der Waals surface area contributed by atoms with Crippen molar-refractivity contribution in [2.24, 2.45) is 0 Å². The Morgan fingerprint density at radius 3 is 2.75 bits per heavy atom. The molecule has 0 aliphatic rings. The molecule has 6 heteroatoms. The smallest absolute Gasteiger partial charge is 0.336 e. The van der Waals surface area contributed by atoms with E-state index in [0.29, 0.717) is 11.0 Å². The Labute approximate surface area is 131 Å². The van der Waals surface area contributed by atoms with Crippen LogP contribution in [0.15, 0.2) is 27.6 Å². The predicted octanol–water partition coefficient (Wildman–Crippen LogP) is 3.54. The van der Waals surface area contributed by atoms with E-state index >= 15 is 0 Å². The molecule has 0 saturated carbocycles. The summed E-state index contributed by atoms with van der Waals surface area (Å²) in [4.78, 5) is 23.7. The monoisotopic (exact) mass is 359 g/mol. The minimum atomic E-state index is -0.987. The highest BCUT2D eigenvalue weighted by Gasteiger charge is 2.16. The zero-order chi connectivity index (χ0) is 15.1. The lowest BCUT2D eigenvalue weighted by Gasteiger charge is -2.12. The number of aromatic carboxylic acids is 1. The predicted molar refractivity (Wildman–Crippen MR) is 84.3 cm³/mol. The van der Waals surface area contributed by atoms with Crippen molar-refractivity contribution in [3.63, 3.8) is 0 Å². The van der Waals surface area contributed by atoms with Gasteiger partial charge in [-0.15, -0.1) is 11.8 Å². The number of thioether (sulfide) groups is 1. The highest BCUT2D eigenvalue weighted by atomic mass is 79.9. The standard InChI is InChI=1S/C14H18BrNO3S/c1-3-4-7-16-13(17)9(2)20-10-5-6-12(15)11(8-10)14(18)19/h5-6,8-9H,3-4,7H2,1-2H3,(H,16,17)(H,18,19). The maximum Gasteiger partial charge on any atom is 0.336 e. The largest absolute Gasteiger partial charge is 0.478 e. The van der Waals surface area contributed by atoms with Crippen LogP contribution in [-0.2, 0) is 4.79 Å². The zero-order valence-electron chi connectivity index (χ0n) is 11.5. The number of carbonyl (C=O) groups is 2. The second-order valence-electron chi connectivity index (χ2n) is 4.35. The number of carboxylic acid groups (broad SMARTS) is 1. The summed E-state index contributed by atoms with van der Waals surface area (Å²) in [5.74, 6) is -1.01. The van der Waals surface area contributed by atoms with Gasteiger partial charge >= 0.3 is 5.97 Å². The van der Waals surface area contributed by atoms with Crippen molar-refractivity contribution in [3.05, 3.63) is 28.2 Å². The summed E-state index contributed by atoms with van der Waals surface area (Å²) in [5.41, 5.74) is 0.202. The van der Waals surface area contributed by atoms with E-state index in [4.69, 9.17) is 5.11 Å². The van der Waals surface area contributed by atoms with E-state index in [1.165, 1.54) is 11.8 Å². The lowest BCUT2D eigenvalue weighted by molar-refractivity contribution is -0.120. The van der Waals surface area contributed by atoms with Crippen molar-refractivity contribution in [1.82, 2.24) is 5.32 Å². The molecule has 1 aromatic carbocycles. The minimum Gasteiger partial charge on any atom is -0.478 e. The Bertz CT molecular complexity index is 493. The Kier molecular flexibility index (Phi) is 7.09. The molecule has 1 unspecified atom stereocenters. The van der Waals surface area contributed by atoms with Gasteiger partial charge in [-0.05, 0) is 47.5 Å². The normalized spacial score (nSPS) is 11.9. The molecule has 0 aliphatic heterocycles. The van der Waals surface area contributed by atoms with Crippen LogP contribution >= 0.6 is 27.7 Å². The van der Waals surface area contributed by atoms with Gasteiger partial charge in [0, 0.05) is 15.9 Å². The summed E-state index contributed by atoms with van der Waals surface area (Å²) in [5, 5.41) is 11.7. The SMILES string of the molecule is CCCCNC(=O)C(C)Sc1ccc(Br)c(C(=O)O)c1. The van der Waals surface area contributed by atoms with E-state index in [-0.39, 0.29) is 16.7 Å². The van der Waals surface area contributed by atoms with Gasteiger partial charge in [-0.25, -0.2) is 4.79 Å². The van der Waals surface area contributed by atoms with Gasteiger partial charge in [0.1, 0.15) is 0 Å². The van der Waals surface area contributed by atoms with Gasteiger partial charge in [-0.3, -0.25) is 4.79 Å². The maximum atomic E-state index is 11.9. The highest BCUT2D eigenvalue weighted by molar-refractivity contribution is 9.10. The molecule has 1 atom stereocenters. The first-order chi connectivity index (χ1) is 9.45. The van der Waals surface area contributed by atoms with Crippen LogP contribution < -0.4 is 5.32 Å². The number of nitrogens with one attached hydrogen (secondary N) is 1. The van der Waals surface area contributed by atoms with Crippen molar-refractivity contribution in [3.8, 4) is 0 Å². The van der Waals surface area contributed by atoms with Gasteiger partial charge in [0.25, 0.3) is 0 Å². The Hall–Kier alpha value is -1.01. The summed E-state index contributed by atoms with van der Waals surface area (Å²) >= 11 is 4.55. The Balaban J connectivity index is 2.66. The number of carboxylic acids is 1. The lowest BCUT2D eigenvalue weighted by Crippen LogP contribution is -2.31. The van der Waals surface area contributed by atoms with Gasteiger partial charge in [0.15, 0.2) is 0 Å². The van der Waals surface area contributed by atoms with Gasteiger partial charge in [0.05, 0.1) is 10.8 Å². The number of carbonyl (C=O) groups excluding carboxylic acids is 1. The average Bonchev–Trinajstić information content (AvgIpc) is 2.40. The molecule has 0 bridgehead atoms. The van der Waals surface area contributed by atoms with Crippen molar-refractivity contribution >= 4 is 39.6 Å². The fourth-order valence-corrected chi connectivity index (χ4v) is 2.88. The molecule has 0 radical (unpaired) electrons. The molecule has 2 N–H and O–H groups in total. The summed E-state index contributed by atoms with van der Waals surface area (Å²) in [6.45, 7) is 4.56. The van der Waals surface area contributed by atoms with Crippen molar-refractivity contribution in [2.75, 3.05) is 6.54 Å². The fourth-order valence-electron chi connectivity index (χ4n) is 1.53. The van der Waals surface area contributed by atoms with Gasteiger partial charge in [-0.1, -0.05) is 13.3 Å². The minimum absolute atomic E-state index is 0.0248. The number of rotatable bonds is 7.